The van der Waals surface area contributed by atoms with Crippen LogP contribution in [0.5, 0.6) is 0 Å². The lowest BCUT2D eigenvalue weighted by Gasteiger charge is -2.15. The molecule has 0 amide bonds. The average molecular weight is 981 g/mol. The minimum absolute atomic E-state index is 0.725. The number of benzene rings is 9. The molecular weight excluding hydrogens is 941 g/mol. The molecule has 9 aromatic carbocycles. The van der Waals surface area contributed by atoms with Crippen LogP contribution in [0.3, 0.4) is 0 Å². The molecule has 0 N–H and O–H groups in total. The van der Waals surface area contributed by atoms with Crippen molar-refractivity contribution in [3.05, 3.63) is 243 Å². The Morgan fingerprint density at radius 1 is 0.237 bits per heavy atom. The van der Waals surface area contributed by atoms with Gasteiger partial charge in [0.2, 0.25) is 0 Å². The summed E-state index contributed by atoms with van der Waals surface area (Å²) >= 11 is 0. The lowest BCUT2D eigenvalue weighted by atomic mass is 9.96. The maximum Gasteiger partial charge on any atom is 0.166 e. The van der Waals surface area contributed by atoms with Crippen molar-refractivity contribution in [1.82, 2.24) is 29.8 Å². The minimum atomic E-state index is 0.725. The van der Waals surface area contributed by atoms with Crippen LogP contribution in [0.2, 0.25) is 0 Å². The van der Waals surface area contributed by atoms with Gasteiger partial charge in [-0.15, -0.1) is 0 Å². The second kappa shape index (κ2) is 17.6. The van der Waals surface area contributed by atoms with Gasteiger partial charge in [-0.05, 0) is 105 Å². The normalized spacial score (nSPS) is 11.7. The van der Waals surface area contributed by atoms with E-state index >= 15 is 0 Å². The molecule has 10 nitrogen and oxygen atoms in total. The van der Waals surface area contributed by atoms with Gasteiger partial charge in [0.15, 0.2) is 23.0 Å². The third-order valence-electron chi connectivity index (χ3n) is 14.6. The van der Waals surface area contributed by atoms with E-state index in [0.29, 0.717) is 0 Å². The zero-order chi connectivity index (χ0) is 50.1. The van der Waals surface area contributed by atoms with E-state index in [2.05, 4.69) is 224 Å². The Labute approximate surface area is 433 Å². The molecule has 0 aliphatic carbocycles. The van der Waals surface area contributed by atoms with E-state index in [4.69, 9.17) is 18.1 Å². The van der Waals surface area contributed by atoms with Gasteiger partial charge in [0, 0.05) is 79.4 Å². The van der Waals surface area contributed by atoms with Crippen molar-refractivity contribution < 1.29 is 18.1 Å². The van der Waals surface area contributed by atoms with E-state index in [1.807, 2.05) is 24.3 Å². The molecule has 0 saturated carbocycles. The van der Waals surface area contributed by atoms with Crippen LogP contribution in [0.4, 0.5) is 0 Å². The van der Waals surface area contributed by atoms with Crippen LogP contribution in [0.15, 0.2) is 261 Å². The second-order valence-electron chi connectivity index (χ2n) is 18.9. The maximum absolute atomic E-state index is 5.51. The molecule has 0 saturated heterocycles. The summed E-state index contributed by atoms with van der Waals surface area (Å²) < 4.78 is 26.9. The van der Waals surface area contributed by atoms with Crippen LogP contribution in [0.25, 0.3) is 145 Å². The summed E-state index contributed by atoms with van der Waals surface area (Å²) in [6.07, 6.45) is 6.68. The van der Waals surface area contributed by atoms with Crippen LogP contribution in [-0.4, -0.2) is 29.8 Å². The summed E-state index contributed by atoms with van der Waals surface area (Å²) in [5.41, 5.74) is 19.0. The Morgan fingerprint density at radius 3 is 0.789 bits per heavy atom. The monoisotopic (exact) mass is 980 g/mol. The fourth-order valence-electron chi connectivity index (χ4n) is 11.0. The molecule has 0 unspecified atom stereocenters. The van der Waals surface area contributed by atoms with E-state index in [1.165, 1.54) is 21.5 Å². The van der Waals surface area contributed by atoms with Gasteiger partial charge in [-0.1, -0.05) is 154 Å². The highest BCUT2D eigenvalue weighted by Crippen LogP contribution is 2.45. The fourth-order valence-corrected chi connectivity index (χ4v) is 11.0. The van der Waals surface area contributed by atoms with Crippen LogP contribution in [-0.2, 0) is 0 Å². The zero-order valence-electron chi connectivity index (χ0n) is 40.4. The van der Waals surface area contributed by atoms with Crippen LogP contribution >= 0.6 is 0 Å². The quantitative estimate of drug-likeness (QED) is 0.133. The average Bonchev–Trinajstić information content (AvgIpc) is 4.44. The first-order valence-corrected chi connectivity index (χ1v) is 25.0. The number of nitrogens with zero attached hydrogens (tertiary/aromatic N) is 6. The molecule has 0 fully saturated rings. The number of hydrogen-bond acceptors (Lipinski definition) is 8. The first kappa shape index (κ1) is 43.0. The molecule has 358 valence electrons. The Bertz CT molecular complexity index is 4090. The zero-order valence-corrected chi connectivity index (χ0v) is 40.4. The van der Waals surface area contributed by atoms with Gasteiger partial charge in [0.25, 0.3) is 0 Å². The van der Waals surface area contributed by atoms with Crippen LogP contribution < -0.4 is 0 Å². The van der Waals surface area contributed by atoms with Gasteiger partial charge in [-0.25, -0.2) is 0 Å². The maximum atomic E-state index is 5.51. The highest BCUT2D eigenvalue weighted by atomic mass is 16.5. The molecule has 0 radical (unpaired) electrons. The summed E-state index contributed by atoms with van der Waals surface area (Å²) in [6, 6.07) is 77.4. The van der Waals surface area contributed by atoms with Crippen molar-refractivity contribution in [1.29, 1.82) is 0 Å². The molecule has 15 aromatic rings. The molecule has 0 atom stereocenters. The summed E-state index contributed by atoms with van der Waals surface area (Å²) in [5, 5.41) is 20.5. The van der Waals surface area contributed by atoms with Crippen LogP contribution in [0, 0.1) is 0 Å². The number of para-hydroxylation sites is 2. The topological polar surface area (TPSA) is 114 Å². The van der Waals surface area contributed by atoms with Gasteiger partial charge in [0.1, 0.15) is 0 Å². The predicted molar refractivity (Wildman–Crippen MR) is 299 cm³/mol. The molecule has 10 heteroatoms. The number of aromatic nitrogens is 6. The van der Waals surface area contributed by atoms with Crippen molar-refractivity contribution in [3.8, 4) is 101 Å². The summed E-state index contributed by atoms with van der Waals surface area (Å²) in [4.78, 5) is 0. The lowest BCUT2D eigenvalue weighted by molar-refractivity contribution is 0.432. The molecule has 0 spiro atoms. The standard InChI is InChI=1S/C66H40N6O4/c1-3-7-57-55(5-1)65-59(71(57)53-37-49(41-9-17-45(18-10-41)61-27-31-67-73-61)35-50(38-53)42-11-19-46(20-12-42)62-28-32-68-74-62)25-26-60-66(65)56-6-2-4-8-58(56)72(60)54-39-51(43-13-21-47(22-14-43)63-29-33-69-75-63)36-52(40-54)44-15-23-48(24-16-44)64-30-34-70-76-64/h1-40H. The SMILES string of the molecule is c1ccc2c(c1)c1c3c4ccccc4n(-c4cc(-c5ccc(-c6ccno6)cc5)cc(-c5ccc(-c6ccno6)cc5)c4)c3ccc1n2-c1cc(-c2ccc(-c3ccno3)cc2)cc(-c2ccc(-c3ccno3)cc2)c1. The third-order valence-corrected chi connectivity index (χ3v) is 14.6. The van der Waals surface area contributed by atoms with Gasteiger partial charge in [-0.2, -0.15) is 0 Å². The summed E-state index contributed by atoms with van der Waals surface area (Å²) in [6.45, 7) is 0. The smallest absolute Gasteiger partial charge is 0.166 e. The Kier molecular flexibility index (Phi) is 9.95. The Balaban J connectivity index is 0.932. The van der Waals surface area contributed by atoms with E-state index in [-0.39, 0.29) is 0 Å². The van der Waals surface area contributed by atoms with Crippen molar-refractivity contribution in [2.75, 3.05) is 0 Å². The van der Waals surface area contributed by atoms with Crippen LogP contribution in [0.1, 0.15) is 0 Å². The Hall–Kier alpha value is -10.6. The van der Waals surface area contributed by atoms with Gasteiger partial charge < -0.3 is 27.2 Å². The first-order chi connectivity index (χ1) is 37.6. The van der Waals surface area contributed by atoms with Gasteiger partial charge in [-0.3, -0.25) is 0 Å². The van der Waals surface area contributed by atoms with Gasteiger partial charge in [0.05, 0.1) is 46.9 Å². The number of hydrogen-bond donors (Lipinski definition) is 0. The third kappa shape index (κ3) is 7.27. The number of fused-ring (bicyclic) bond motifs is 7. The van der Waals surface area contributed by atoms with E-state index < -0.39 is 0 Å². The largest absolute Gasteiger partial charge is 0.356 e. The minimum Gasteiger partial charge on any atom is -0.356 e. The molecule has 6 heterocycles. The van der Waals surface area contributed by atoms with Crippen molar-refractivity contribution in [2.45, 2.75) is 0 Å². The lowest BCUT2D eigenvalue weighted by Crippen LogP contribution is -1.97. The van der Waals surface area contributed by atoms with Crippen molar-refractivity contribution in [2.24, 2.45) is 0 Å². The molecule has 6 aromatic heterocycles. The molecule has 0 aliphatic rings. The predicted octanol–water partition coefficient (Wildman–Crippen LogP) is 17.2. The second-order valence-corrected chi connectivity index (χ2v) is 18.9. The fraction of sp³-hybridized carbons (Fsp3) is 0. The van der Waals surface area contributed by atoms with Crippen molar-refractivity contribution in [3.63, 3.8) is 0 Å². The van der Waals surface area contributed by atoms with E-state index in [9.17, 15) is 0 Å². The molecule has 76 heavy (non-hydrogen) atoms. The highest BCUT2D eigenvalue weighted by molar-refractivity contribution is 6.29. The molecule has 0 bridgehead atoms. The van der Waals surface area contributed by atoms with Crippen molar-refractivity contribution >= 4 is 43.6 Å². The van der Waals surface area contributed by atoms with Gasteiger partial charge >= 0.3 is 0 Å². The molecule has 15 rings (SSSR count). The first-order valence-electron chi connectivity index (χ1n) is 25.0. The molecular formula is C66H40N6O4. The summed E-state index contributed by atoms with van der Waals surface area (Å²) in [5.74, 6) is 2.90. The highest BCUT2D eigenvalue weighted by Gasteiger charge is 2.22. The van der Waals surface area contributed by atoms with E-state index in [1.54, 1.807) is 24.8 Å². The summed E-state index contributed by atoms with van der Waals surface area (Å²) in [7, 11) is 0. The van der Waals surface area contributed by atoms with E-state index in [0.717, 1.165) is 123 Å². The molecule has 0 aliphatic heterocycles. The Morgan fingerprint density at radius 2 is 0.513 bits per heavy atom. The number of rotatable bonds is 10.